The maximum absolute atomic E-state index is 11.9. The van der Waals surface area contributed by atoms with Gasteiger partial charge in [0.15, 0.2) is 0 Å². The van der Waals surface area contributed by atoms with Gasteiger partial charge in [-0.15, -0.1) is 10.2 Å². The monoisotopic (exact) mass is 394 g/mol. The molecule has 9 nitrogen and oxygen atoms in total. The summed E-state index contributed by atoms with van der Waals surface area (Å²) < 4.78 is 5.48. The first kappa shape index (κ1) is 20.6. The van der Waals surface area contributed by atoms with Crippen LogP contribution in [0.5, 0.6) is 0 Å². The normalized spacial score (nSPS) is 12.0. The summed E-state index contributed by atoms with van der Waals surface area (Å²) in [6.45, 7) is 3.45. The van der Waals surface area contributed by atoms with Crippen LogP contribution in [0.25, 0.3) is 11.5 Å². The largest absolute Gasteiger partial charge is 0.480 e. The number of aliphatic carboxylic acids is 1. The fourth-order valence-electron chi connectivity index (χ4n) is 2.28. The molecule has 0 saturated carbocycles. The lowest BCUT2D eigenvalue weighted by Gasteiger charge is -2.16. The summed E-state index contributed by atoms with van der Waals surface area (Å²) in [6.07, 6.45) is 0.640. The molecule has 3 N–H and O–H groups in total. The van der Waals surface area contributed by atoms with E-state index in [1.807, 2.05) is 30.7 Å². The lowest BCUT2D eigenvalue weighted by atomic mass is 10.0. The van der Waals surface area contributed by atoms with Gasteiger partial charge in [-0.3, -0.25) is 9.59 Å². The Labute approximate surface area is 160 Å². The zero-order valence-electron chi connectivity index (χ0n) is 15.1. The highest BCUT2D eigenvalue weighted by molar-refractivity contribution is 7.08. The highest BCUT2D eigenvalue weighted by atomic mass is 32.1. The molecular weight excluding hydrogens is 372 g/mol. The fourth-order valence-corrected chi connectivity index (χ4v) is 2.91. The van der Waals surface area contributed by atoms with Crippen LogP contribution in [0.4, 0.5) is 0 Å². The number of hydrogen-bond acceptors (Lipinski definition) is 7. The maximum atomic E-state index is 11.9. The van der Waals surface area contributed by atoms with E-state index in [2.05, 4.69) is 20.8 Å². The Morgan fingerprint density at radius 1 is 1.26 bits per heavy atom. The molecule has 0 radical (unpaired) electrons. The van der Waals surface area contributed by atoms with Gasteiger partial charge in [-0.25, -0.2) is 4.79 Å². The quantitative estimate of drug-likeness (QED) is 0.555. The first-order chi connectivity index (χ1) is 12.8. The number of carboxylic acids is 1. The van der Waals surface area contributed by atoms with E-state index in [0.29, 0.717) is 18.2 Å². The number of carbonyl (C=O) groups is 3. The van der Waals surface area contributed by atoms with Crippen molar-refractivity contribution in [2.75, 3.05) is 6.54 Å². The Morgan fingerprint density at radius 3 is 2.67 bits per heavy atom. The van der Waals surface area contributed by atoms with Gasteiger partial charge in [-0.05, 0) is 23.8 Å². The first-order valence-corrected chi connectivity index (χ1v) is 9.43. The molecule has 0 bridgehead atoms. The molecule has 1 atom stereocenters. The molecule has 10 heteroatoms. The minimum Gasteiger partial charge on any atom is -0.480 e. The minimum atomic E-state index is -1.10. The van der Waals surface area contributed by atoms with Crippen molar-refractivity contribution in [2.45, 2.75) is 39.2 Å². The van der Waals surface area contributed by atoms with Crippen LogP contribution in [0.3, 0.4) is 0 Å². The molecule has 2 amide bonds. The number of carboxylic acid groups (broad SMARTS) is 1. The smallest absolute Gasteiger partial charge is 0.326 e. The SMILES string of the molecule is CC(C)C[C@H](NC(=O)CNC(=O)CCc1nnc(-c2ccsc2)o1)C(=O)O. The van der Waals surface area contributed by atoms with Crippen LogP contribution in [0.15, 0.2) is 21.2 Å². The topological polar surface area (TPSA) is 134 Å². The van der Waals surface area contributed by atoms with Crippen LogP contribution >= 0.6 is 11.3 Å². The third-order valence-corrected chi connectivity index (χ3v) is 4.27. The molecule has 0 saturated heterocycles. The standard InChI is InChI=1S/C17H22N4O5S/c1-10(2)7-12(17(24)25)19-14(23)8-18-13(22)3-4-15-20-21-16(26-15)11-5-6-27-9-11/h5-6,9-10,12H,3-4,7-8H2,1-2H3,(H,18,22)(H,19,23)(H,24,25)/t12-/m0/s1. The molecule has 2 aromatic heterocycles. The zero-order chi connectivity index (χ0) is 19.8. The maximum Gasteiger partial charge on any atom is 0.326 e. The van der Waals surface area contributed by atoms with Crippen LogP contribution in [-0.2, 0) is 20.8 Å². The van der Waals surface area contributed by atoms with E-state index in [0.717, 1.165) is 5.56 Å². The third-order valence-electron chi connectivity index (χ3n) is 3.59. The summed E-state index contributed by atoms with van der Waals surface area (Å²) in [5.41, 5.74) is 0.828. The van der Waals surface area contributed by atoms with Gasteiger partial charge >= 0.3 is 5.97 Å². The molecule has 0 fully saturated rings. The van der Waals surface area contributed by atoms with Crippen molar-refractivity contribution in [1.29, 1.82) is 0 Å². The van der Waals surface area contributed by atoms with Crippen LogP contribution in [0.2, 0.25) is 0 Å². The van der Waals surface area contributed by atoms with E-state index in [1.54, 1.807) is 0 Å². The predicted octanol–water partition coefficient (Wildman–Crippen LogP) is 1.46. The summed E-state index contributed by atoms with van der Waals surface area (Å²) in [6, 6.07) is 0.889. The number of nitrogens with zero attached hydrogens (tertiary/aromatic N) is 2. The molecular formula is C17H22N4O5S. The van der Waals surface area contributed by atoms with Crippen LogP contribution in [-0.4, -0.2) is 45.7 Å². The molecule has 27 heavy (non-hydrogen) atoms. The molecule has 2 rings (SSSR count). The van der Waals surface area contributed by atoms with Crippen molar-refractivity contribution in [2.24, 2.45) is 5.92 Å². The molecule has 0 aliphatic carbocycles. The van der Waals surface area contributed by atoms with E-state index < -0.39 is 17.9 Å². The number of aryl methyl sites for hydroxylation is 1. The molecule has 2 aromatic rings. The summed E-state index contributed by atoms with van der Waals surface area (Å²) in [5, 5.41) is 25.5. The average Bonchev–Trinajstić information content (AvgIpc) is 3.28. The second-order valence-electron chi connectivity index (χ2n) is 6.38. The van der Waals surface area contributed by atoms with E-state index in [1.165, 1.54) is 11.3 Å². The molecule has 0 aliphatic rings. The van der Waals surface area contributed by atoms with Gasteiger partial charge in [0, 0.05) is 23.8 Å². The van der Waals surface area contributed by atoms with Gasteiger partial charge in [0.2, 0.25) is 23.6 Å². The van der Waals surface area contributed by atoms with Gasteiger partial charge in [0.1, 0.15) is 6.04 Å². The first-order valence-electron chi connectivity index (χ1n) is 8.49. The Kier molecular flexibility index (Phi) is 7.47. The summed E-state index contributed by atoms with van der Waals surface area (Å²) in [5.74, 6) is -1.16. The van der Waals surface area contributed by atoms with Gasteiger partial charge in [0.05, 0.1) is 6.54 Å². The third kappa shape index (κ3) is 6.81. The van der Waals surface area contributed by atoms with E-state index in [-0.39, 0.29) is 31.2 Å². The molecule has 0 aromatic carbocycles. The minimum absolute atomic E-state index is 0.0763. The molecule has 0 aliphatic heterocycles. The lowest BCUT2D eigenvalue weighted by Crippen LogP contribution is -2.46. The second kappa shape index (κ2) is 9.81. The molecule has 2 heterocycles. The highest BCUT2D eigenvalue weighted by Crippen LogP contribution is 2.20. The average molecular weight is 394 g/mol. The van der Waals surface area contributed by atoms with Crippen LogP contribution in [0, 0.1) is 5.92 Å². The zero-order valence-corrected chi connectivity index (χ0v) is 15.9. The Balaban J connectivity index is 1.72. The number of thiophene rings is 1. The van der Waals surface area contributed by atoms with E-state index >= 15 is 0 Å². The Bertz CT molecular complexity index is 772. The number of nitrogens with one attached hydrogen (secondary N) is 2. The molecule has 0 spiro atoms. The predicted molar refractivity (Wildman–Crippen MR) is 98.0 cm³/mol. The summed E-state index contributed by atoms with van der Waals surface area (Å²) in [4.78, 5) is 34.8. The molecule has 0 unspecified atom stereocenters. The lowest BCUT2D eigenvalue weighted by molar-refractivity contribution is -0.142. The number of aromatic nitrogens is 2. The Hall–Kier alpha value is -2.75. The number of rotatable bonds is 10. The number of carbonyl (C=O) groups excluding carboxylic acids is 2. The van der Waals surface area contributed by atoms with Crippen molar-refractivity contribution in [1.82, 2.24) is 20.8 Å². The van der Waals surface area contributed by atoms with Gasteiger partial charge in [0.25, 0.3) is 0 Å². The van der Waals surface area contributed by atoms with Crippen molar-refractivity contribution in [3.8, 4) is 11.5 Å². The van der Waals surface area contributed by atoms with Crippen molar-refractivity contribution in [3.05, 3.63) is 22.7 Å². The van der Waals surface area contributed by atoms with Gasteiger partial charge < -0.3 is 20.2 Å². The van der Waals surface area contributed by atoms with Crippen LogP contribution < -0.4 is 10.6 Å². The van der Waals surface area contributed by atoms with Gasteiger partial charge in [-0.2, -0.15) is 11.3 Å². The van der Waals surface area contributed by atoms with Crippen molar-refractivity contribution < 1.29 is 23.9 Å². The second-order valence-corrected chi connectivity index (χ2v) is 7.16. The fraction of sp³-hybridized carbons (Fsp3) is 0.471. The van der Waals surface area contributed by atoms with E-state index in [4.69, 9.17) is 9.52 Å². The Morgan fingerprint density at radius 2 is 2.04 bits per heavy atom. The number of hydrogen-bond donors (Lipinski definition) is 3. The van der Waals surface area contributed by atoms with Crippen molar-refractivity contribution >= 4 is 29.1 Å². The summed E-state index contributed by atoms with van der Waals surface area (Å²) in [7, 11) is 0. The summed E-state index contributed by atoms with van der Waals surface area (Å²) >= 11 is 1.51. The van der Waals surface area contributed by atoms with Gasteiger partial charge in [-0.1, -0.05) is 13.8 Å². The highest BCUT2D eigenvalue weighted by Gasteiger charge is 2.21. The van der Waals surface area contributed by atoms with E-state index in [9.17, 15) is 14.4 Å². The molecule has 146 valence electrons. The van der Waals surface area contributed by atoms with Crippen LogP contribution in [0.1, 0.15) is 32.6 Å². The van der Waals surface area contributed by atoms with Crippen molar-refractivity contribution in [3.63, 3.8) is 0 Å². The number of amides is 2.